The van der Waals surface area contributed by atoms with Crippen molar-refractivity contribution in [1.29, 1.82) is 0 Å². The van der Waals surface area contributed by atoms with E-state index in [2.05, 4.69) is 69.9 Å². The number of benzene rings is 1. The van der Waals surface area contributed by atoms with Crippen LogP contribution in [-0.2, 0) is 11.8 Å². The Morgan fingerprint density at radius 1 is 1.16 bits per heavy atom. The third kappa shape index (κ3) is 5.05. The third-order valence-corrected chi connectivity index (χ3v) is 4.76. The van der Waals surface area contributed by atoms with Crippen molar-refractivity contribution in [2.45, 2.75) is 45.4 Å². The Morgan fingerprint density at radius 2 is 1.88 bits per heavy atom. The predicted molar refractivity (Wildman–Crippen MR) is 101 cm³/mol. The molecule has 0 saturated heterocycles. The minimum absolute atomic E-state index is 0.0997. The zero-order valence-electron chi connectivity index (χ0n) is 15.7. The fraction of sp³-hybridized carbons (Fsp3) is 0.526. The molecule has 0 atom stereocenters. The molecule has 2 aromatic rings. The van der Waals surface area contributed by atoms with Gasteiger partial charge in [-0.3, -0.25) is 4.99 Å². The summed E-state index contributed by atoms with van der Waals surface area (Å²) >= 11 is 0. The van der Waals surface area contributed by atoms with Crippen LogP contribution in [-0.4, -0.2) is 36.2 Å². The summed E-state index contributed by atoms with van der Waals surface area (Å²) in [5.74, 6) is 2.09. The van der Waals surface area contributed by atoms with Crippen LogP contribution < -0.4 is 10.6 Å². The van der Waals surface area contributed by atoms with Gasteiger partial charge < -0.3 is 15.2 Å². The first-order chi connectivity index (χ1) is 12.1. The zero-order valence-corrected chi connectivity index (χ0v) is 15.7. The van der Waals surface area contributed by atoms with Gasteiger partial charge in [-0.1, -0.05) is 49.3 Å². The van der Waals surface area contributed by atoms with E-state index in [1.807, 2.05) is 6.92 Å². The average molecular weight is 343 g/mol. The monoisotopic (exact) mass is 343 g/mol. The number of nitrogens with zero attached hydrogens (tertiary/aromatic N) is 3. The Bertz CT molecular complexity index is 661. The molecular formula is C19H29N5O. The molecule has 0 fully saturated rings. The second-order valence-corrected chi connectivity index (χ2v) is 6.19. The van der Waals surface area contributed by atoms with Crippen molar-refractivity contribution in [2.75, 3.05) is 20.1 Å². The molecule has 0 unspecified atom stereocenters. The third-order valence-electron chi connectivity index (χ3n) is 4.76. The number of guanidine groups is 1. The van der Waals surface area contributed by atoms with Crippen molar-refractivity contribution >= 4 is 5.96 Å². The lowest BCUT2D eigenvalue weighted by molar-refractivity contribution is 0.373. The molecule has 2 rings (SSSR count). The second kappa shape index (κ2) is 9.20. The molecule has 0 spiro atoms. The van der Waals surface area contributed by atoms with Gasteiger partial charge in [0.2, 0.25) is 5.89 Å². The molecular weight excluding hydrogens is 314 g/mol. The van der Waals surface area contributed by atoms with Crippen molar-refractivity contribution in [3.63, 3.8) is 0 Å². The largest absolute Gasteiger partial charge is 0.356 e. The molecule has 6 heteroatoms. The summed E-state index contributed by atoms with van der Waals surface area (Å²) in [6.07, 6.45) is 2.81. The van der Waals surface area contributed by atoms with Crippen molar-refractivity contribution in [1.82, 2.24) is 20.8 Å². The van der Waals surface area contributed by atoms with E-state index >= 15 is 0 Å². The Kier molecular flexibility index (Phi) is 6.98. The van der Waals surface area contributed by atoms with Crippen LogP contribution >= 0.6 is 0 Å². The number of aromatic nitrogens is 2. The van der Waals surface area contributed by atoms with Crippen LogP contribution in [0.25, 0.3) is 0 Å². The van der Waals surface area contributed by atoms with Crippen LogP contribution in [0, 0.1) is 6.92 Å². The van der Waals surface area contributed by atoms with E-state index in [9.17, 15) is 0 Å². The number of hydrogen-bond donors (Lipinski definition) is 2. The Morgan fingerprint density at radius 3 is 2.44 bits per heavy atom. The summed E-state index contributed by atoms with van der Waals surface area (Å²) in [4.78, 5) is 8.52. The van der Waals surface area contributed by atoms with E-state index in [4.69, 9.17) is 4.52 Å². The van der Waals surface area contributed by atoms with E-state index in [0.29, 0.717) is 24.7 Å². The lowest BCUT2D eigenvalue weighted by Crippen LogP contribution is -2.45. The lowest BCUT2D eigenvalue weighted by Gasteiger charge is -2.33. The van der Waals surface area contributed by atoms with Crippen molar-refractivity contribution < 1.29 is 4.52 Å². The summed E-state index contributed by atoms with van der Waals surface area (Å²) in [5, 5.41) is 10.6. The number of aryl methyl sites for hydroxylation is 1. The number of nitrogens with one attached hydrogen (secondary N) is 2. The first kappa shape index (κ1) is 19.0. The molecule has 0 aliphatic carbocycles. The van der Waals surface area contributed by atoms with E-state index in [1.165, 1.54) is 5.56 Å². The molecule has 25 heavy (non-hydrogen) atoms. The Balaban J connectivity index is 1.91. The number of aliphatic imine (C=N–C) groups is 1. The van der Waals surface area contributed by atoms with Gasteiger partial charge in [-0.15, -0.1) is 0 Å². The first-order valence-electron chi connectivity index (χ1n) is 8.92. The van der Waals surface area contributed by atoms with Crippen molar-refractivity contribution in [3.8, 4) is 0 Å². The molecule has 0 aliphatic rings. The fourth-order valence-electron chi connectivity index (χ4n) is 3.00. The van der Waals surface area contributed by atoms with Gasteiger partial charge in [0.15, 0.2) is 11.8 Å². The van der Waals surface area contributed by atoms with Crippen molar-refractivity contribution in [3.05, 3.63) is 47.6 Å². The van der Waals surface area contributed by atoms with Gasteiger partial charge in [-0.05, 0) is 25.3 Å². The minimum Gasteiger partial charge on any atom is -0.356 e. The summed E-state index contributed by atoms with van der Waals surface area (Å²) in [5.41, 5.74) is 1.46. The molecule has 0 bridgehead atoms. The quantitative estimate of drug-likeness (QED) is 0.569. The smallest absolute Gasteiger partial charge is 0.228 e. The average Bonchev–Trinajstić information content (AvgIpc) is 3.07. The van der Waals surface area contributed by atoms with Crippen LogP contribution in [0.1, 0.15) is 44.0 Å². The molecule has 0 saturated carbocycles. The van der Waals surface area contributed by atoms with Crippen LogP contribution in [0.5, 0.6) is 0 Å². The van der Waals surface area contributed by atoms with Gasteiger partial charge in [0.25, 0.3) is 0 Å². The summed E-state index contributed by atoms with van der Waals surface area (Å²) < 4.78 is 5.13. The normalized spacial score (nSPS) is 12.2. The molecule has 1 aromatic carbocycles. The lowest BCUT2D eigenvalue weighted by atomic mass is 9.76. The molecule has 0 amide bonds. The van der Waals surface area contributed by atoms with E-state index in [0.717, 1.165) is 25.3 Å². The van der Waals surface area contributed by atoms with Gasteiger partial charge in [0.1, 0.15) is 0 Å². The van der Waals surface area contributed by atoms with Crippen LogP contribution in [0.2, 0.25) is 0 Å². The zero-order chi connectivity index (χ0) is 18.1. The van der Waals surface area contributed by atoms with E-state index in [1.54, 1.807) is 7.05 Å². The van der Waals surface area contributed by atoms with Crippen LogP contribution in [0.15, 0.2) is 39.8 Å². The van der Waals surface area contributed by atoms with E-state index < -0.39 is 0 Å². The molecule has 2 N–H and O–H groups in total. The summed E-state index contributed by atoms with van der Waals surface area (Å²) in [6, 6.07) is 10.7. The maximum atomic E-state index is 5.13. The molecule has 6 nitrogen and oxygen atoms in total. The van der Waals surface area contributed by atoms with Crippen molar-refractivity contribution in [2.24, 2.45) is 4.99 Å². The second-order valence-electron chi connectivity index (χ2n) is 6.19. The molecule has 1 aromatic heterocycles. The van der Waals surface area contributed by atoms with Gasteiger partial charge in [-0.25, -0.2) is 0 Å². The summed E-state index contributed by atoms with van der Waals surface area (Å²) in [7, 11) is 1.79. The summed E-state index contributed by atoms with van der Waals surface area (Å²) in [6.45, 7) is 7.83. The fourth-order valence-corrected chi connectivity index (χ4v) is 3.00. The molecule has 136 valence electrons. The highest BCUT2D eigenvalue weighted by Crippen LogP contribution is 2.30. The predicted octanol–water partition coefficient (Wildman–Crippen LogP) is 2.84. The maximum absolute atomic E-state index is 5.13. The maximum Gasteiger partial charge on any atom is 0.228 e. The van der Waals surface area contributed by atoms with E-state index in [-0.39, 0.29) is 5.41 Å². The topological polar surface area (TPSA) is 75.3 Å². The molecule has 0 aliphatic heterocycles. The first-order valence-corrected chi connectivity index (χ1v) is 8.92. The Labute approximate surface area is 150 Å². The van der Waals surface area contributed by atoms with Gasteiger partial charge in [0.05, 0.1) is 0 Å². The van der Waals surface area contributed by atoms with Crippen LogP contribution in [0.3, 0.4) is 0 Å². The molecule has 0 radical (unpaired) electrons. The van der Waals surface area contributed by atoms with Gasteiger partial charge >= 0.3 is 0 Å². The minimum atomic E-state index is 0.0997. The Hall–Kier alpha value is -2.37. The van der Waals surface area contributed by atoms with Crippen LogP contribution in [0.4, 0.5) is 0 Å². The SMILES string of the molecule is CCC(CC)(CNC(=NC)NCCc1nc(C)no1)c1ccccc1. The highest BCUT2D eigenvalue weighted by Gasteiger charge is 2.28. The standard InChI is InChI=1S/C19H29N5O/c1-5-19(6-2,16-10-8-7-9-11-16)14-22-18(20-4)21-13-12-17-23-15(3)24-25-17/h7-11H,5-6,12-14H2,1-4H3,(H2,20,21,22). The van der Waals surface area contributed by atoms with Gasteiger partial charge in [0, 0.05) is 32.0 Å². The highest BCUT2D eigenvalue weighted by molar-refractivity contribution is 5.79. The number of hydrogen-bond acceptors (Lipinski definition) is 4. The number of rotatable bonds is 8. The highest BCUT2D eigenvalue weighted by atomic mass is 16.5. The molecule has 1 heterocycles. The van der Waals surface area contributed by atoms with Gasteiger partial charge in [-0.2, -0.15) is 4.98 Å².